The van der Waals surface area contributed by atoms with Gasteiger partial charge < -0.3 is 20.0 Å². The summed E-state index contributed by atoms with van der Waals surface area (Å²) in [6, 6.07) is -1.21. The van der Waals surface area contributed by atoms with E-state index in [-0.39, 0.29) is 19.0 Å². The van der Waals surface area contributed by atoms with Crippen molar-refractivity contribution in [1.29, 1.82) is 0 Å². The molecule has 16 heavy (non-hydrogen) atoms. The van der Waals surface area contributed by atoms with Crippen LogP contribution in [0.2, 0.25) is 0 Å². The summed E-state index contributed by atoms with van der Waals surface area (Å²) >= 11 is 0. The van der Waals surface area contributed by atoms with Crippen molar-refractivity contribution in [3.05, 3.63) is 0 Å². The smallest absolute Gasteiger partial charge is 0.326 e. The second kappa shape index (κ2) is 5.16. The van der Waals surface area contributed by atoms with Crippen LogP contribution in [0.4, 0.5) is 4.79 Å². The number of β-amino-alcohol motifs (C(OH)–C–C–N with tert-alkyl or cyclic N) is 1. The molecule has 0 aliphatic carbocycles. The summed E-state index contributed by atoms with van der Waals surface area (Å²) in [4.78, 5) is 25.7. The molecule has 0 spiro atoms. The average Bonchev–Trinajstić information content (AvgIpc) is 2.62. The van der Waals surface area contributed by atoms with E-state index in [0.29, 0.717) is 13.1 Å². The summed E-state index contributed by atoms with van der Waals surface area (Å²) in [5.74, 6) is -1.06. The standard InChI is InChI=1S/C10H18N2O4/c1-3-11(4-2)10(16)12-6-7(13)5-8(12)9(14)15/h7-8,13H,3-6H2,1-2H3,(H,14,15)/t7-,8-/m1/s1. The first-order chi connectivity index (χ1) is 7.51. The van der Waals surface area contributed by atoms with Crippen LogP contribution >= 0.6 is 0 Å². The van der Waals surface area contributed by atoms with Gasteiger partial charge in [0.25, 0.3) is 0 Å². The first-order valence-corrected chi connectivity index (χ1v) is 5.47. The number of urea groups is 1. The van der Waals surface area contributed by atoms with Gasteiger partial charge in [0.15, 0.2) is 0 Å². The number of carboxylic acid groups (broad SMARTS) is 1. The third kappa shape index (κ3) is 2.44. The maximum atomic E-state index is 11.9. The Kier molecular flexibility index (Phi) is 4.12. The molecule has 0 aromatic carbocycles. The van der Waals surface area contributed by atoms with Crippen LogP contribution in [-0.4, -0.2) is 63.8 Å². The molecule has 1 heterocycles. The number of nitrogens with zero attached hydrogens (tertiary/aromatic N) is 2. The summed E-state index contributed by atoms with van der Waals surface area (Å²) in [6.45, 7) is 4.85. The fourth-order valence-electron chi connectivity index (χ4n) is 1.94. The first-order valence-electron chi connectivity index (χ1n) is 5.47. The van der Waals surface area contributed by atoms with Crippen molar-refractivity contribution >= 4 is 12.0 Å². The van der Waals surface area contributed by atoms with Gasteiger partial charge in [0.2, 0.25) is 0 Å². The van der Waals surface area contributed by atoms with E-state index in [1.54, 1.807) is 4.90 Å². The molecular weight excluding hydrogens is 212 g/mol. The highest BCUT2D eigenvalue weighted by atomic mass is 16.4. The monoisotopic (exact) mass is 230 g/mol. The molecule has 1 aliphatic heterocycles. The fraction of sp³-hybridized carbons (Fsp3) is 0.800. The molecule has 0 radical (unpaired) electrons. The van der Waals surface area contributed by atoms with Crippen molar-refractivity contribution in [2.24, 2.45) is 0 Å². The molecule has 2 N–H and O–H groups in total. The molecule has 1 fully saturated rings. The Balaban J connectivity index is 2.77. The number of likely N-dealkylation sites (tertiary alicyclic amines) is 1. The molecule has 0 saturated carbocycles. The lowest BCUT2D eigenvalue weighted by Crippen LogP contribution is -2.48. The highest BCUT2D eigenvalue weighted by molar-refractivity contribution is 5.83. The van der Waals surface area contributed by atoms with Crippen molar-refractivity contribution in [3.8, 4) is 0 Å². The highest BCUT2D eigenvalue weighted by Crippen LogP contribution is 2.19. The largest absolute Gasteiger partial charge is 0.480 e. The Hall–Kier alpha value is -1.30. The van der Waals surface area contributed by atoms with Gasteiger partial charge in [0, 0.05) is 26.1 Å². The molecule has 0 bridgehead atoms. The molecule has 0 unspecified atom stereocenters. The minimum atomic E-state index is -1.06. The number of aliphatic carboxylic acids is 1. The van der Waals surface area contributed by atoms with Gasteiger partial charge in [0.05, 0.1) is 6.10 Å². The second-order valence-electron chi connectivity index (χ2n) is 3.85. The molecule has 2 atom stereocenters. The molecule has 0 aromatic rings. The van der Waals surface area contributed by atoms with Crippen LogP contribution in [-0.2, 0) is 4.79 Å². The SMILES string of the molecule is CCN(CC)C(=O)N1C[C@H](O)C[C@@H]1C(=O)O. The number of hydrogen-bond acceptors (Lipinski definition) is 3. The van der Waals surface area contributed by atoms with E-state index in [4.69, 9.17) is 5.11 Å². The van der Waals surface area contributed by atoms with Crippen molar-refractivity contribution in [3.63, 3.8) is 0 Å². The third-order valence-corrected chi connectivity index (χ3v) is 2.84. The van der Waals surface area contributed by atoms with Crippen LogP contribution in [0.15, 0.2) is 0 Å². The van der Waals surface area contributed by atoms with Gasteiger partial charge in [-0.25, -0.2) is 9.59 Å². The van der Waals surface area contributed by atoms with Gasteiger partial charge in [-0.15, -0.1) is 0 Å². The van der Waals surface area contributed by atoms with E-state index in [9.17, 15) is 14.7 Å². The summed E-state index contributed by atoms with van der Waals surface area (Å²) in [5, 5.41) is 18.4. The number of carbonyl (C=O) groups is 2. The Bertz CT molecular complexity index is 278. The van der Waals surface area contributed by atoms with Crippen molar-refractivity contribution in [2.75, 3.05) is 19.6 Å². The summed E-state index contributed by atoms with van der Waals surface area (Å²) in [5.41, 5.74) is 0. The molecule has 0 aromatic heterocycles. The Morgan fingerprint density at radius 3 is 2.38 bits per heavy atom. The van der Waals surface area contributed by atoms with Crippen LogP contribution in [0, 0.1) is 0 Å². The number of carboxylic acids is 1. The predicted octanol–water partition coefficient (Wildman–Crippen LogP) is -0.0320. The Labute approximate surface area is 94.4 Å². The Morgan fingerprint density at radius 2 is 1.94 bits per heavy atom. The van der Waals surface area contributed by atoms with Gasteiger partial charge >= 0.3 is 12.0 Å². The van der Waals surface area contributed by atoms with Gasteiger partial charge in [-0.2, -0.15) is 0 Å². The van der Waals surface area contributed by atoms with E-state index >= 15 is 0 Å². The maximum Gasteiger partial charge on any atom is 0.326 e. The van der Waals surface area contributed by atoms with E-state index in [0.717, 1.165) is 0 Å². The van der Waals surface area contributed by atoms with E-state index in [1.165, 1.54) is 4.90 Å². The number of amides is 2. The summed E-state index contributed by atoms with van der Waals surface area (Å²) in [6.07, 6.45) is -0.622. The first kappa shape index (κ1) is 12.8. The summed E-state index contributed by atoms with van der Waals surface area (Å²) in [7, 11) is 0. The maximum absolute atomic E-state index is 11.9. The van der Waals surface area contributed by atoms with Crippen molar-refractivity contribution in [1.82, 2.24) is 9.80 Å². The van der Waals surface area contributed by atoms with Gasteiger partial charge in [-0.3, -0.25) is 0 Å². The van der Waals surface area contributed by atoms with Gasteiger partial charge in [-0.1, -0.05) is 0 Å². The predicted molar refractivity (Wildman–Crippen MR) is 57.1 cm³/mol. The number of rotatable bonds is 3. The lowest BCUT2D eigenvalue weighted by Gasteiger charge is -2.28. The lowest BCUT2D eigenvalue weighted by atomic mass is 10.2. The molecule has 1 rings (SSSR count). The molecule has 92 valence electrons. The average molecular weight is 230 g/mol. The number of aliphatic hydroxyl groups excluding tert-OH is 1. The zero-order valence-electron chi connectivity index (χ0n) is 9.59. The zero-order valence-corrected chi connectivity index (χ0v) is 9.59. The topological polar surface area (TPSA) is 81.1 Å². The lowest BCUT2D eigenvalue weighted by molar-refractivity contribution is -0.141. The number of aliphatic hydroxyl groups is 1. The van der Waals surface area contributed by atoms with E-state index in [2.05, 4.69) is 0 Å². The minimum Gasteiger partial charge on any atom is -0.480 e. The van der Waals surface area contributed by atoms with E-state index < -0.39 is 18.1 Å². The quantitative estimate of drug-likeness (QED) is 0.713. The van der Waals surface area contributed by atoms with Gasteiger partial charge in [-0.05, 0) is 13.8 Å². The fourth-order valence-corrected chi connectivity index (χ4v) is 1.94. The van der Waals surface area contributed by atoms with Crippen molar-refractivity contribution < 1.29 is 19.8 Å². The molecule has 6 nitrogen and oxygen atoms in total. The van der Waals surface area contributed by atoms with Gasteiger partial charge in [0.1, 0.15) is 6.04 Å². The third-order valence-electron chi connectivity index (χ3n) is 2.84. The molecular formula is C10H18N2O4. The molecule has 6 heteroatoms. The second-order valence-corrected chi connectivity index (χ2v) is 3.85. The van der Waals surface area contributed by atoms with Crippen molar-refractivity contribution in [2.45, 2.75) is 32.4 Å². The minimum absolute atomic E-state index is 0.103. The zero-order chi connectivity index (χ0) is 12.3. The van der Waals surface area contributed by atoms with Crippen LogP contribution in [0.1, 0.15) is 20.3 Å². The van der Waals surface area contributed by atoms with Crippen LogP contribution in [0.25, 0.3) is 0 Å². The Morgan fingerprint density at radius 1 is 1.38 bits per heavy atom. The van der Waals surface area contributed by atoms with Crippen LogP contribution < -0.4 is 0 Å². The molecule has 2 amide bonds. The highest BCUT2D eigenvalue weighted by Gasteiger charge is 2.40. The number of hydrogen-bond donors (Lipinski definition) is 2. The number of carbonyl (C=O) groups excluding carboxylic acids is 1. The summed E-state index contributed by atoms with van der Waals surface area (Å²) < 4.78 is 0. The van der Waals surface area contributed by atoms with Crippen LogP contribution in [0.3, 0.4) is 0 Å². The van der Waals surface area contributed by atoms with E-state index in [1.807, 2.05) is 13.8 Å². The normalized spacial score (nSPS) is 24.6. The molecule has 1 aliphatic rings. The molecule has 1 saturated heterocycles. The van der Waals surface area contributed by atoms with Crippen LogP contribution in [0.5, 0.6) is 0 Å².